The minimum atomic E-state index is -0.293. The molecule has 0 radical (unpaired) electrons. The standard InChI is InChI=1S/C32H37FO4/c1-7-9-24(19-31(34)36-8-2)23-11-13-25(14-12-23)37-21-22-10-16-29(32(3,4)5)27(18-22)28-20-26(35-6)15-17-30(28)33/h7,9-18,20,24H,8,19,21H2,1-6H3/b9-7+/t24-/m0/s1. The topological polar surface area (TPSA) is 44.8 Å². The Morgan fingerprint density at radius 2 is 1.68 bits per heavy atom. The first kappa shape index (κ1) is 28.0. The number of carbonyl (C=O) groups is 1. The van der Waals surface area contributed by atoms with Crippen LogP contribution in [0.2, 0.25) is 0 Å². The van der Waals surface area contributed by atoms with E-state index in [1.165, 1.54) is 6.07 Å². The molecule has 0 aliphatic carbocycles. The number of methoxy groups -OCH3 is 1. The van der Waals surface area contributed by atoms with E-state index in [0.717, 1.165) is 22.3 Å². The second-order valence-electron chi connectivity index (χ2n) is 9.97. The van der Waals surface area contributed by atoms with Gasteiger partial charge >= 0.3 is 5.97 Å². The summed E-state index contributed by atoms with van der Waals surface area (Å²) in [4.78, 5) is 12.0. The maximum Gasteiger partial charge on any atom is 0.306 e. The van der Waals surface area contributed by atoms with E-state index in [2.05, 4.69) is 20.8 Å². The molecule has 0 aromatic heterocycles. The number of esters is 1. The van der Waals surface area contributed by atoms with Gasteiger partial charge in [-0.15, -0.1) is 0 Å². The Bertz CT molecular complexity index is 1220. The maximum absolute atomic E-state index is 14.9. The predicted octanol–water partition coefficient (Wildman–Crippen LogP) is 7.99. The van der Waals surface area contributed by atoms with Crippen molar-refractivity contribution in [3.05, 3.63) is 95.3 Å². The highest BCUT2D eigenvalue weighted by atomic mass is 19.1. The van der Waals surface area contributed by atoms with Crippen LogP contribution in [0.4, 0.5) is 4.39 Å². The lowest BCUT2D eigenvalue weighted by Crippen LogP contribution is -2.13. The van der Waals surface area contributed by atoms with E-state index in [9.17, 15) is 9.18 Å². The van der Waals surface area contributed by atoms with Gasteiger partial charge in [0.05, 0.1) is 20.1 Å². The molecule has 3 aromatic rings. The molecule has 0 aliphatic heterocycles. The van der Waals surface area contributed by atoms with Gasteiger partial charge in [0.25, 0.3) is 0 Å². The van der Waals surface area contributed by atoms with Crippen molar-refractivity contribution in [1.82, 2.24) is 0 Å². The van der Waals surface area contributed by atoms with Crippen LogP contribution in [0.3, 0.4) is 0 Å². The first-order valence-electron chi connectivity index (χ1n) is 12.6. The van der Waals surface area contributed by atoms with E-state index in [-0.39, 0.29) is 23.1 Å². The van der Waals surface area contributed by atoms with Crippen molar-refractivity contribution in [3.8, 4) is 22.6 Å². The third kappa shape index (κ3) is 7.45. The quantitative estimate of drug-likeness (QED) is 0.207. The molecule has 0 aliphatic rings. The minimum Gasteiger partial charge on any atom is -0.497 e. The molecule has 3 rings (SSSR count). The number of hydrogen-bond acceptors (Lipinski definition) is 4. The molecule has 0 N–H and O–H groups in total. The van der Waals surface area contributed by atoms with Crippen molar-refractivity contribution in [1.29, 1.82) is 0 Å². The Kier molecular flexibility index (Phi) is 9.51. The molecule has 0 fully saturated rings. The second-order valence-corrected chi connectivity index (χ2v) is 9.97. The molecule has 0 bridgehead atoms. The van der Waals surface area contributed by atoms with Gasteiger partial charge in [-0.3, -0.25) is 4.79 Å². The largest absolute Gasteiger partial charge is 0.497 e. The summed E-state index contributed by atoms with van der Waals surface area (Å²) in [5.41, 5.74) is 4.16. The third-order valence-corrected chi connectivity index (χ3v) is 6.19. The summed E-state index contributed by atoms with van der Waals surface area (Å²) in [6.45, 7) is 10.8. The molecular formula is C32H37FO4. The number of allylic oxidation sites excluding steroid dienone is 2. The van der Waals surface area contributed by atoms with E-state index < -0.39 is 0 Å². The first-order valence-corrected chi connectivity index (χ1v) is 12.6. The van der Waals surface area contributed by atoms with Gasteiger partial charge in [-0.1, -0.05) is 57.2 Å². The van der Waals surface area contributed by atoms with Gasteiger partial charge in [-0.25, -0.2) is 4.39 Å². The van der Waals surface area contributed by atoms with Crippen LogP contribution in [0.1, 0.15) is 63.6 Å². The summed E-state index contributed by atoms with van der Waals surface area (Å²) in [5.74, 6) is 0.764. The highest BCUT2D eigenvalue weighted by Crippen LogP contribution is 2.37. The Balaban J connectivity index is 1.82. The number of ether oxygens (including phenoxy) is 3. The average molecular weight is 505 g/mol. The van der Waals surface area contributed by atoms with Crippen LogP contribution in [0, 0.1) is 5.82 Å². The van der Waals surface area contributed by atoms with Crippen molar-refractivity contribution in [2.45, 2.75) is 59.0 Å². The van der Waals surface area contributed by atoms with Crippen LogP contribution in [0.25, 0.3) is 11.1 Å². The van der Waals surface area contributed by atoms with Crippen molar-refractivity contribution < 1.29 is 23.4 Å². The monoisotopic (exact) mass is 504 g/mol. The van der Waals surface area contributed by atoms with Crippen molar-refractivity contribution in [2.75, 3.05) is 13.7 Å². The Morgan fingerprint density at radius 3 is 2.30 bits per heavy atom. The normalized spacial score (nSPS) is 12.4. The molecule has 0 spiro atoms. The summed E-state index contributed by atoms with van der Waals surface area (Å²) in [6.07, 6.45) is 4.24. The zero-order valence-electron chi connectivity index (χ0n) is 22.6. The molecule has 0 unspecified atom stereocenters. The van der Waals surface area contributed by atoms with Crippen molar-refractivity contribution in [2.24, 2.45) is 0 Å². The van der Waals surface area contributed by atoms with Gasteiger partial charge in [0.15, 0.2) is 0 Å². The summed E-state index contributed by atoms with van der Waals surface area (Å²) < 4.78 is 31.4. The molecule has 0 heterocycles. The summed E-state index contributed by atoms with van der Waals surface area (Å²) >= 11 is 0. The number of benzene rings is 3. The van der Waals surface area contributed by atoms with Crippen LogP contribution < -0.4 is 9.47 Å². The number of hydrogen-bond donors (Lipinski definition) is 0. The van der Waals surface area contributed by atoms with E-state index in [4.69, 9.17) is 14.2 Å². The SMILES string of the molecule is C/C=C/[C@@H](CC(=O)OCC)c1ccc(OCc2ccc(C(C)(C)C)c(-c3cc(OC)ccc3F)c2)cc1. The van der Waals surface area contributed by atoms with Gasteiger partial charge in [0.1, 0.15) is 23.9 Å². The van der Waals surface area contributed by atoms with Crippen LogP contribution >= 0.6 is 0 Å². The molecule has 3 aromatic carbocycles. The molecule has 37 heavy (non-hydrogen) atoms. The van der Waals surface area contributed by atoms with Crippen LogP contribution in [-0.2, 0) is 21.6 Å². The number of halogens is 1. The summed E-state index contributed by atoms with van der Waals surface area (Å²) in [5, 5.41) is 0. The summed E-state index contributed by atoms with van der Waals surface area (Å²) in [7, 11) is 1.58. The maximum atomic E-state index is 14.9. The number of carbonyl (C=O) groups excluding carboxylic acids is 1. The fourth-order valence-electron chi connectivity index (χ4n) is 4.30. The molecule has 1 atom stereocenters. The van der Waals surface area contributed by atoms with Crippen molar-refractivity contribution >= 4 is 5.97 Å². The van der Waals surface area contributed by atoms with E-state index in [1.807, 2.05) is 68.5 Å². The van der Waals surface area contributed by atoms with Gasteiger partial charge in [-0.2, -0.15) is 0 Å². The van der Waals surface area contributed by atoms with Crippen molar-refractivity contribution in [3.63, 3.8) is 0 Å². The predicted molar refractivity (Wildman–Crippen MR) is 147 cm³/mol. The minimum absolute atomic E-state index is 0.0524. The van der Waals surface area contributed by atoms with Gasteiger partial charge in [-0.05, 0) is 77.9 Å². The zero-order valence-corrected chi connectivity index (χ0v) is 22.6. The lowest BCUT2D eigenvalue weighted by atomic mass is 9.81. The molecule has 0 amide bonds. The van der Waals surface area contributed by atoms with Crippen LogP contribution in [0.5, 0.6) is 11.5 Å². The molecular weight excluding hydrogens is 467 g/mol. The first-order chi connectivity index (χ1) is 17.7. The van der Waals surface area contributed by atoms with E-state index in [0.29, 0.717) is 36.7 Å². The fraction of sp³-hybridized carbons (Fsp3) is 0.344. The highest BCUT2D eigenvalue weighted by molar-refractivity contribution is 5.72. The fourth-order valence-corrected chi connectivity index (χ4v) is 4.30. The lowest BCUT2D eigenvalue weighted by molar-refractivity contribution is -0.143. The van der Waals surface area contributed by atoms with E-state index in [1.54, 1.807) is 19.2 Å². The molecule has 0 saturated heterocycles. The lowest BCUT2D eigenvalue weighted by Gasteiger charge is -2.24. The molecule has 0 saturated carbocycles. The second kappa shape index (κ2) is 12.6. The smallest absolute Gasteiger partial charge is 0.306 e. The van der Waals surface area contributed by atoms with Gasteiger partial charge in [0, 0.05) is 11.5 Å². The molecule has 4 nitrogen and oxygen atoms in total. The molecule has 196 valence electrons. The average Bonchev–Trinajstić information content (AvgIpc) is 2.87. The third-order valence-electron chi connectivity index (χ3n) is 6.19. The van der Waals surface area contributed by atoms with Crippen LogP contribution in [0.15, 0.2) is 72.8 Å². The summed E-state index contributed by atoms with van der Waals surface area (Å²) in [6, 6.07) is 18.6. The highest BCUT2D eigenvalue weighted by Gasteiger charge is 2.21. The Morgan fingerprint density at radius 1 is 0.973 bits per heavy atom. The van der Waals surface area contributed by atoms with Crippen LogP contribution in [-0.4, -0.2) is 19.7 Å². The zero-order chi connectivity index (χ0) is 27.0. The Labute approximate surface area is 220 Å². The number of rotatable bonds is 10. The van der Waals surface area contributed by atoms with Gasteiger partial charge in [0.2, 0.25) is 0 Å². The Hall–Kier alpha value is -3.60. The van der Waals surface area contributed by atoms with E-state index >= 15 is 0 Å². The van der Waals surface area contributed by atoms with Gasteiger partial charge < -0.3 is 14.2 Å². The molecule has 5 heteroatoms.